The van der Waals surface area contributed by atoms with Gasteiger partial charge in [0.15, 0.2) is 0 Å². The lowest BCUT2D eigenvalue weighted by molar-refractivity contribution is 0.173. The van der Waals surface area contributed by atoms with Crippen LogP contribution in [0.15, 0.2) is 61.4 Å². The standard InChI is InChI=1S/C19H21N5/c1-3-16(11-17(4-1)18-5-2-8-20-12-18)13-23-9-6-19(7-10-23)24-15-21-14-22-24/h1-5,8,11-12,14-15,19H,6-7,9-10,13H2. The molecule has 3 aromatic rings. The van der Waals surface area contributed by atoms with Gasteiger partial charge in [-0.2, -0.15) is 5.10 Å². The molecule has 3 heterocycles. The van der Waals surface area contributed by atoms with Crippen molar-refractivity contribution < 1.29 is 0 Å². The molecule has 1 aromatic carbocycles. The number of nitrogens with zero attached hydrogens (tertiary/aromatic N) is 5. The van der Waals surface area contributed by atoms with Crippen molar-refractivity contribution in [3.63, 3.8) is 0 Å². The van der Waals surface area contributed by atoms with Crippen LogP contribution in [0.1, 0.15) is 24.4 Å². The Labute approximate surface area is 142 Å². The first-order valence-corrected chi connectivity index (χ1v) is 8.44. The van der Waals surface area contributed by atoms with Crippen molar-refractivity contribution in [3.05, 3.63) is 67.0 Å². The van der Waals surface area contributed by atoms with E-state index >= 15 is 0 Å². The van der Waals surface area contributed by atoms with E-state index < -0.39 is 0 Å². The number of aromatic nitrogens is 4. The average Bonchev–Trinajstić information content (AvgIpc) is 3.18. The second-order valence-electron chi connectivity index (χ2n) is 6.32. The highest BCUT2D eigenvalue weighted by Crippen LogP contribution is 2.24. The summed E-state index contributed by atoms with van der Waals surface area (Å²) in [5.74, 6) is 0. The zero-order valence-corrected chi connectivity index (χ0v) is 13.6. The van der Waals surface area contributed by atoms with Crippen LogP contribution >= 0.6 is 0 Å². The Morgan fingerprint density at radius 2 is 1.88 bits per heavy atom. The minimum atomic E-state index is 0.491. The quantitative estimate of drug-likeness (QED) is 0.741. The fourth-order valence-corrected chi connectivity index (χ4v) is 3.39. The second-order valence-corrected chi connectivity index (χ2v) is 6.32. The van der Waals surface area contributed by atoms with Crippen LogP contribution in [0.3, 0.4) is 0 Å². The van der Waals surface area contributed by atoms with Gasteiger partial charge in [0.25, 0.3) is 0 Å². The molecule has 0 unspecified atom stereocenters. The first kappa shape index (κ1) is 15.0. The smallest absolute Gasteiger partial charge is 0.137 e. The van der Waals surface area contributed by atoms with Crippen molar-refractivity contribution in [2.45, 2.75) is 25.4 Å². The van der Waals surface area contributed by atoms with Gasteiger partial charge < -0.3 is 0 Å². The maximum Gasteiger partial charge on any atom is 0.137 e. The molecule has 5 heteroatoms. The minimum absolute atomic E-state index is 0.491. The lowest BCUT2D eigenvalue weighted by atomic mass is 10.0. The van der Waals surface area contributed by atoms with Crippen LogP contribution in [0.2, 0.25) is 0 Å². The molecule has 1 fully saturated rings. The molecule has 0 spiro atoms. The van der Waals surface area contributed by atoms with E-state index in [1.807, 2.05) is 29.5 Å². The van der Waals surface area contributed by atoms with Crippen molar-refractivity contribution in [3.8, 4) is 11.1 Å². The highest BCUT2D eigenvalue weighted by Gasteiger charge is 2.20. The van der Waals surface area contributed by atoms with Crippen molar-refractivity contribution in [2.24, 2.45) is 0 Å². The fraction of sp³-hybridized carbons (Fsp3) is 0.316. The van der Waals surface area contributed by atoms with E-state index in [0.29, 0.717) is 6.04 Å². The number of rotatable bonds is 4. The summed E-state index contributed by atoms with van der Waals surface area (Å²) in [7, 11) is 0. The van der Waals surface area contributed by atoms with Gasteiger partial charge >= 0.3 is 0 Å². The predicted octanol–water partition coefficient (Wildman–Crippen LogP) is 3.18. The number of hydrogen-bond donors (Lipinski definition) is 0. The number of hydrogen-bond acceptors (Lipinski definition) is 4. The van der Waals surface area contributed by atoms with Crippen LogP contribution in [0, 0.1) is 0 Å². The monoisotopic (exact) mass is 319 g/mol. The molecule has 1 aliphatic rings. The van der Waals surface area contributed by atoms with Crippen molar-refractivity contribution in [1.29, 1.82) is 0 Å². The molecule has 1 saturated heterocycles. The zero-order chi connectivity index (χ0) is 16.2. The summed E-state index contributed by atoms with van der Waals surface area (Å²) in [6.45, 7) is 3.20. The summed E-state index contributed by atoms with van der Waals surface area (Å²) in [6.07, 6.45) is 9.45. The summed E-state index contributed by atoms with van der Waals surface area (Å²) in [5.41, 5.74) is 3.76. The van der Waals surface area contributed by atoms with E-state index in [2.05, 4.69) is 50.3 Å². The molecule has 0 bridgehead atoms. The number of benzene rings is 1. The molecule has 0 saturated carbocycles. The Morgan fingerprint density at radius 3 is 2.62 bits per heavy atom. The SMILES string of the molecule is c1cncc(-c2cccc(CN3CCC(n4cncn4)CC3)c2)c1. The van der Waals surface area contributed by atoms with Crippen LogP contribution in [0.5, 0.6) is 0 Å². The Kier molecular flexibility index (Phi) is 4.34. The number of likely N-dealkylation sites (tertiary alicyclic amines) is 1. The summed E-state index contributed by atoms with van der Waals surface area (Å²) in [4.78, 5) is 10.8. The van der Waals surface area contributed by atoms with E-state index in [1.54, 1.807) is 6.33 Å². The lowest BCUT2D eigenvalue weighted by Gasteiger charge is -2.31. The van der Waals surface area contributed by atoms with Crippen LogP contribution in [0.25, 0.3) is 11.1 Å². The Balaban J connectivity index is 1.40. The molecule has 0 N–H and O–H groups in total. The minimum Gasteiger partial charge on any atom is -0.299 e. The van der Waals surface area contributed by atoms with Gasteiger partial charge in [0.2, 0.25) is 0 Å². The van der Waals surface area contributed by atoms with Gasteiger partial charge in [-0.05, 0) is 41.7 Å². The van der Waals surface area contributed by atoms with Gasteiger partial charge in [-0.1, -0.05) is 24.3 Å². The van der Waals surface area contributed by atoms with Crippen LogP contribution < -0.4 is 0 Å². The number of pyridine rings is 1. The van der Waals surface area contributed by atoms with E-state index in [1.165, 1.54) is 16.7 Å². The summed E-state index contributed by atoms with van der Waals surface area (Å²) < 4.78 is 2.00. The predicted molar refractivity (Wildman–Crippen MR) is 93.2 cm³/mol. The van der Waals surface area contributed by atoms with Gasteiger partial charge in [0.1, 0.15) is 12.7 Å². The summed E-state index contributed by atoms with van der Waals surface area (Å²) >= 11 is 0. The van der Waals surface area contributed by atoms with Crippen molar-refractivity contribution in [2.75, 3.05) is 13.1 Å². The van der Waals surface area contributed by atoms with Gasteiger partial charge in [-0.15, -0.1) is 0 Å². The molecular formula is C19H21N5. The van der Waals surface area contributed by atoms with Gasteiger partial charge in [-0.3, -0.25) is 9.88 Å². The third kappa shape index (κ3) is 3.36. The van der Waals surface area contributed by atoms with Gasteiger partial charge in [0.05, 0.1) is 6.04 Å². The molecular weight excluding hydrogens is 298 g/mol. The maximum atomic E-state index is 4.28. The summed E-state index contributed by atoms with van der Waals surface area (Å²) in [5, 5.41) is 4.28. The second kappa shape index (κ2) is 6.93. The highest BCUT2D eigenvalue weighted by molar-refractivity contribution is 5.62. The Hall–Kier alpha value is -2.53. The zero-order valence-electron chi connectivity index (χ0n) is 13.6. The van der Waals surface area contributed by atoms with Gasteiger partial charge in [-0.25, -0.2) is 9.67 Å². The third-order valence-electron chi connectivity index (χ3n) is 4.70. The molecule has 0 radical (unpaired) electrons. The summed E-state index contributed by atoms with van der Waals surface area (Å²) in [6, 6.07) is 13.4. The van der Waals surface area contributed by atoms with Crippen LogP contribution in [-0.4, -0.2) is 37.7 Å². The van der Waals surface area contributed by atoms with E-state index in [-0.39, 0.29) is 0 Å². The molecule has 0 atom stereocenters. The molecule has 122 valence electrons. The van der Waals surface area contributed by atoms with Crippen LogP contribution in [0.4, 0.5) is 0 Å². The first-order chi connectivity index (χ1) is 11.9. The fourth-order valence-electron chi connectivity index (χ4n) is 3.39. The molecule has 0 aliphatic carbocycles. The van der Waals surface area contributed by atoms with Crippen LogP contribution in [-0.2, 0) is 6.54 Å². The van der Waals surface area contributed by atoms with Crippen molar-refractivity contribution in [1.82, 2.24) is 24.6 Å². The molecule has 24 heavy (non-hydrogen) atoms. The Morgan fingerprint density at radius 1 is 1.00 bits per heavy atom. The third-order valence-corrected chi connectivity index (χ3v) is 4.70. The largest absolute Gasteiger partial charge is 0.299 e. The van der Waals surface area contributed by atoms with E-state index in [9.17, 15) is 0 Å². The molecule has 4 rings (SSSR count). The van der Waals surface area contributed by atoms with E-state index in [0.717, 1.165) is 32.5 Å². The molecule has 0 amide bonds. The topological polar surface area (TPSA) is 46.8 Å². The molecule has 1 aliphatic heterocycles. The Bertz CT molecular complexity index is 761. The molecule has 5 nitrogen and oxygen atoms in total. The highest BCUT2D eigenvalue weighted by atomic mass is 15.3. The maximum absolute atomic E-state index is 4.28. The van der Waals surface area contributed by atoms with Gasteiger partial charge in [0, 0.05) is 32.0 Å². The molecule has 2 aromatic heterocycles. The number of piperidine rings is 1. The first-order valence-electron chi connectivity index (χ1n) is 8.44. The normalized spacial score (nSPS) is 16.3. The lowest BCUT2D eigenvalue weighted by Crippen LogP contribution is -2.34. The average molecular weight is 319 g/mol. The van der Waals surface area contributed by atoms with E-state index in [4.69, 9.17) is 0 Å². The van der Waals surface area contributed by atoms with Crippen molar-refractivity contribution >= 4 is 0 Å².